The van der Waals surface area contributed by atoms with Gasteiger partial charge in [-0.2, -0.15) is 0 Å². The highest BCUT2D eigenvalue weighted by Crippen LogP contribution is 2.55. The zero-order valence-corrected chi connectivity index (χ0v) is 32.1. The average molecular weight is 793 g/mol. The van der Waals surface area contributed by atoms with E-state index in [-0.39, 0.29) is 27.5 Å². The van der Waals surface area contributed by atoms with E-state index < -0.39 is 27.5 Å². The number of carbonyl (C=O) groups is 1. The summed E-state index contributed by atoms with van der Waals surface area (Å²) >= 11 is 6.26. The highest BCUT2D eigenvalue weighted by atomic mass is 35.5. The zero-order chi connectivity index (χ0) is 39.0. The number of piperazine rings is 1. The van der Waals surface area contributed by atoms with Crippen LogP contribution in [0.5, 0.6) is 11.5 Å². The van der Waals surface area contributed by atoms with Crippen LogP contribution in [0.3, 0.4) is 0 Å². The number of anilines is 2. The Kier molecular flexibility index (Phi) is 10.4. The number of allylic oxidation sites excluding steroid dienone is 1. The summed E-state index contributed by atoms with van der Waals surface area (Å²) in [7, 11) is -2.22. The van der Waals surface area contributed by atoms with E-state index >= 15 is 0 Å². The van der Waals surface area contributed by atoms with Crippen LogP contribution in [0.1, 0.15) is 60.0 Å². The van der Waals surface area contributed by atoms with Crippen LogP contribution in [0.4, 0.5) is 17.1 Å². The largest absolute Gasteiger partial charge is 0.455 e. The lowest BCUT2D eigenvalue weighted by molar-refractivity contribution is -0.384. The van der Waals surface area contributed by atoms with Crippen molar-refractivity contribution >= 4 is 68.4 Å². The maximum absolute atomic E-state index is 13.7. The Hall–Kier alpha value is -5.57. The number of nitrogens with zero attached hydrogens (tertiary/aromatic N) is 4. The van der Waals surface area contributed by atoms with E-state index in [4.69, 9.17) is 27.5 Å². The molecule has 1 spiro atoms. The van der Waals surface area contributed by atoms with Crippen LogP contribution in [0, 0.1) is 20.9 Å². The molecule has 3 aromatic carbocycles. The minimum atomic E-state index is -2.22. The molecule has 3 heterocycles. The summed E-state index contributed by atoms with van der Waals surface area (Å²) in [6.45, 7) is 4.19. The standard InChI is InChI=1S/C41H41ClN8O5S/c42-30-4-2-26(3-5-30)35-22-41(10-1-11-41)12-8-28(35)25-48-14-16-49(17-15-48)31-6-7-34(37(20-31)55-32-18-27-9-13-45-39(27)46-24-32)40(51)47-56(54)33-19-29(23-43)38(44)36(21-33)50(52)53/h2-7,9,13,18-21,23-24,43H,1,8,10-12,14-17,22,25,44H2,(H,45,46)(H,47,51). The Bertz CT molecular complexity index is 2400. The molecule has 56 heavy (non-hydrogen) atoms. The Balaban J connectivity index is 1.02. The second-order valence-electron chi connectivity index (χ2n) is 14.8. The summed E-state index contributed by atoms with van der Waals surface area (Å²) in [6, 6.07) is 19.6. The molecule has 0 bridgehead atoms. The summed E-state index contributed by atoms with van der Waals surface area (Å²) in [5.74, 6) is -0.0911. The Morgan fingerprint density at radius 3 is 2.59 bits per heavy atom. The number of nitro benzene ring substituents is 1. The number of rotatable bonds is 11. The molecular formula is C41H41ClN8O5S. The molecule has 0 radical (unpaired) electrons. The summed E-state index contributed by atoms with van der Waals surface area (Å²) in [4.78, 5) is 36.8. The maximum Gasteiger partial charge on any atom is 0.294 e. The first-order chi connectivity index (χ1) is 27.1. The number of halogens is 1. The van der Waals surface area contributed by atoms with Crippen LogP contribution >= 0.6 is 11.6 Å². The van der Waals surface area contributed by atoms with Crippen molar-refractivity contribution in [3.63, 3.8) is 0 Å². The number of hydrogen-bond acceptors (Lipinski definition) is 10. The fourth-order valence-corrected chi connectivity index (χ4v) is 9.09. The van der Waals surface area contributed by atoms with Gasteiger partial charge in [0.05, 0.1) is 21.6 Å². The van der Waals surface area contributed by atoms with E-state index in [9.17, 15) is 19.1 Å². The minimum Gasteiger partial charge on any atom is -0.455 e. The highest BCUT2D eigenvalue weighted by Gasteiger charge is 2.41. The summed E-state index contributed by atoms with van der Waals surface area (Å²) in [5.41, 5.74) is 11.5. The van der Waals surface area contributed by atoms with E-state index in [1.807, 2.05) is 30.3 Å². The first-order valence-electron chi connectivity index (χ1n) is 18.6. The fraction of sp³-hybridized carbons (Fsp3) is 0.293. The third kappa shape index (κ3) is 7.64. The number of nitrogens with two attached hydrogens (primary N) is 1. The number of ether oxygens (including phenoxy) is 1. The van der Waals surface area contributed by atoms with Gasteiger partial charge in [0.15, 0.2) is 11.0 Å². The van der Waals surface area contributed by atoms with Gasteiger partial charge in [-0.3, -0.25) is 24.5 Å². The molecule has 2 aromatic heterocycles. The van der Waals surface area contributed by atoms with E-state index in [0.717, 1.165) is 73.9 Å². The van der Waals surface area contributed by atoms with Crippen molar-refractivity contribution in [2.75, 3.05) is 43.4 Å². The summed E-state index contributed by atoms with van der Waals surface area (Å²) in [6.07, 6.45) is 11.6. The number of nitro groups is 1. The van der Waals surface area contributed by atoms with Gasteiger partial charge in [0, 0.05) is 78.9 Å². The lowest BCUT2D eigenvalue weighted by Crippen LogP contribution is -2.47. The van der Waals surface area contributed by atoms with E-state index in [1.54, 1.807) is 24.5 Å². The topological polar surface area (TPSA) is 184 Å². The number of pyridine rings is 1. The van der Waals surface area contributed by atoms with Gasteiger partial charge < -0.3 is 25.8 Å². The van der Waals surface area contributed by atoms with Crippen molar-refractivity contribution in [3.05, 3.63) is 117 Å². The van der Waals surface area contributed by atoms with Gasteiger partial charge in [-0.25, -0.2) is 9.19 Å². The summed E-state index contributed by atoms with van der Waals surface area (Å²) in [5, 5.41) is 20.8. The van der Waals surface area contributed by atoms with Crippen molar-refractivity contribution in [3.8, 4) is 11.5 Å². The normalized spacial score (nSPS) is 17.4. The molecule has 8 rings (SSSR count). The number of aromatic nitrogens is 2. The fourth-order valence-electron chi connectivity index (χ4n) is 8.12. The monoisotopic (exact) mass is 792 g/mol. The number of fused-ring (bicyclic) bond motifs is 1. The first kappa shape index (κ1) is 37.4. The lowest BCUT2D eigenvalue weighted by Gasteiger charge is -2.47. The lowest BCUT2D eigenvalue weighted by atomic mass is 9.59. The number of nitrogen functional groups attached to an aromatic ring is 1. The molecule has 1 amide bonds. The molecular weight excluding hydrogens is 752 g/mol. The minimum absolute atomic E-state index is 0.0115. The van der Waals surface area contributed by atoms with Crippen LogP contribution < -0.4 is 20.1 Å². The first-order valence-corrected chi connectivity index (χ1v) is 20.1. The molecule has 3 aliphatic rings. The van der Waals surface area contributed by atoms with E-state index in [0.29, 0.717) is 16.8 Å². The van der Waals surface area contributed by atoms with Gasteiger partial charge in [-0.1, -0.05) is 35.7 Å². The van der Waals surface area contributed by atoms with Crippen LogP contribution in [0.2, 0.25) is 5.02 Å². The molecule has 1 unspecified atom stereocenters. The number of nitrogens with one attached hydrogen (secondary N) is 3. The molecule has 1 saturated heterocycles. The number of hydrogen-bond donors (Lipinski definition) is 4. The zero-order valence-electron chi connectivity index (χ0n) is 30.6. The second-order valence-corrected chi connectivity index (χ2v) is 16.4. The molecule has 288 valence electrons. The van der Waals surface area contributed by atoms with Gasteiger partial charge >= 0.3 is 0 Å². The number of carbonyl (C=O) groups excluding carboxylic acids is 1. The van der Waals surface area contributed by atoms with Crippen molar-refractivity contribution in [1.82, 2.24) is 19.6 Å². The third-order valence-electron chi connectivity index (χ3n) is 11.4. The van der Waals surface area contributed by atoms with Crippen LogP contribution in [-0.4, -0.2) is 68.8 Å². The van der Waals surface area contributed by atoms with Crippen molar-refractivity contribution in [2.45, 2.75) is 43.4 Å². The number of benzene rings is 3. The Morgan fingerprint density at radius 2 is 1.88 bits per heavy atom. The molecule has 15 heteroatoms. The van der Waals surface area contributed by atoms with Gasteiger partial charge in [0.2, 0.25) is 0 Å². The molecule has 1 atom stereocenters. The molecule has 1 aliphatic heterocycles. The van der Waals surface area contributed by atoms with Gasteiger partial charge in [0.1, 0.15) is 22.8 Å². The predicted octanol–water partition coefficient (Wildman–Crippen LogP) is 7.88. The molecule has 5 aromatic rings. The van der Waals surface area contributed by atoms with Crippen LogP contribution in [0.25, 0.3) is 16.6 Å². The highest BCUT2D eigenvalue weighted by molar-refractivity contribution is 7.83. The van der Waals surface area contributed by atoms with Crippen LogP contribution in [-0.2, 0) is 11.0 Å². The second kappa shape index (κ2) is 15.5. The van der Waals surface area contributed by atoms with Gasteiger partial charge in [0.25, 0.3) is 11.6 Å². The number of H-pyrrole nitrogens is 1. The van der Waals surface area contributed by atoms with Crippen molar-refractivity contribution in [2.24, 2.45) is 5.41 Å². The van der Waals surface area contributed by atoms with Crippen molar-refractivity contribution < 1.29 is 18.7 Å². The molecule has 5 N–H and O–H groups in total. The Morgan fingerprint density at radius 1 is 1.09 bits per heavy atom. The molecule has 2 aliphatic carbocycles. The van der Waals surface area contributed by atoms with E-state index in [1.165, 1.54) is 48.5 Å². The third-order valence-corrected chi connectivity index (χ3v) is 12.7. The SMILES string of the molecule is N=Cc1cc(S(=O)NC(=O)c2ccc(N3CCN(CC4=C(c5ccc(Cl)cc5)CC5(CCC5)CC4)CC3)cc2Oc2cnc3[nH]ccc3c2)cc([N+](=O)[O-])c1N. The molecule has 1 saturated carbocycles. The van der Waals surface area contributed by atoms with Crippen LogP contribution in [0.15, 0.2) is 89.6 Å². The molecule has 13 nitrogen and oxygen atoms in total. The molecule has 2 fully saturated rings. The number of amides is 1. The van der Waals surface area contributed by atoms with Gasteiger partial charge in [-0.05, 0) is 91.1 Å². The maximum atomic E-state index is 13.7. The smallest absolute Gasteiger partial charge is 0.294 e. The van der Waals surface area contributed by atoms with E-state index in [2.05, 4.69) is 36.6 Å². The summed E-state index contributed by atoms with van der Waals surface area (Å²) < 4.78 is 22.1. The van der Waals surface area contributed by atoms with Gasteiger partial charge in [-0.15, -0.1) is 0 Å². The quantitative estimate of drug-likeness (QED) is 0.0447. The average Bonchev–Trinajstić information content (AvgIpc) is 3.66. The number of aromatic amines is 1. The Labute approximate surface area is 331 Å². The van der Waals surface area contributed by atoms with Crippen molar-refractivity contribution in [1.29, 1.82) is 5.41 Å². The predicted molar refractivity (Wildman–Crippen MR) is 219 cm³/mol.